The van der Waals surface area contributed by atoms with Gasteiger partial charge >= 0.3 is 0 Å². The minimum atomic E-state index is -1.38. The molecule has 10 nitrogen and oxygen atoms in total. The van der Waals surface area contributed by atoms with Crippen LogP contribution in [0.4, 0.5) is 8.78 Å². The number of halogens is 3. The third-order valence-corrected chi connectivity index (χ3v) is 6.88. The first-order valence-electron chi connectivity index (χ1n) is 11.9. The summed E-state index contributed by atoms with van der Waals surface area (Å²) in [6.07, 6.45) is 6.18. The number of hydrogen-bond acceptors (Lipinski definition) is 7. The van der Waals surface area contributed by atoms with Crippen molar-refractivity contribution >= 4 is 23.1 Å². The largest absolute Gasteiger partial charge is 0.390 e. The van der Waals surface area contributed by atoms with Crippen molar-refractivity contribution in [2.75, 3.05) is 0 Å². The summed E-state index contributed by atoms with van der Waals surface area (Å²) >= 11 is 6.07. The molecule has 2 aliphatic heterocycles. The van der Waals surface area contributed by atoms with Crippen LogP contribution < -0.4 is 0 Å². The van der Waals surface area contributed by atoms with Gasteiger partial charge in [0.1, 0.15) is 17.8 Å². The molecule has 188 valence electrons. The van der Waals surface area contributed by atoms with Crippen LogP contribution in [0.1, 0.15) is 43.8 Å². The van der Waals surface area contributed by atoms with Crippen molar-refractivity contribution in [3.63, 3.8) is 0 Å². The quantitative estimate of drug-likeness (QED) is 0.409. The van der Waals surface area contributed by atoms with E-state index in [0.717, 1.165) is 0 Å². The zero-order valence-corrected chi connectivity index (χ0v) is 19.8. The van der Waals surface area contributed by atoms with Crippen LogP contribution in [-0.4, -0.2) is 57.1 Å². The predicted molar refractivity (Wildman–Crippen MR) is 127 cm³/mol. The molecule has 13 heteroatoms. The Morgan fingerprint density at radius 2 is 2.08 bits per heavy atom. The second-order valence-electron chi connectivity index (χ2n) is 8.64. The highest BCUT2D eigenvalue weighted by molar-refractivity contribution is 6.31. The van der Waals surface area contributed by atoms with Gasteiger partial charge in [-0.3, -0.25) is 9.78 Å². The Morgan fingerprint density at radius 3 is 2.86 bits per heavy atom. The van der Waals surface area contributed by atoms with E-state index in [0.29, 0.717) is 35.6 Å². The van der Waals surface area contributed by atoms with Crippen molar-refractivity contribution in [3.8, 4) is 16.9 Å². The molecule has 0 saturated carbocycles. The number of tetrazole rings is 1. The molecule has 0 bridgehead atoms. The van der Waals surface area contributed by atoms with E-state index in [4.69, 9.17) is 11.6 Å². The molecule has 5 heterocycles. The van der Waals surface area contributed by atoms with E-state index < -0.39 is 36.2 Å². The van der Waals surface area contributed by atoms with Crippen LogP contribution in [0.15, 0.2) is 43.0 Å². The van der Waals surface area contributed by atoms with E-state index in [1.807, 2.05) is 0 Å². The van der Waals surface area contributed by atoms with E-state index in [1.165, 1.54) is 46.5 Å². The normalized spacial score (nSPS) is 21.7. The number of carbonyl (C=O) groups is 1. The van der Waals surface area contributed by atoms with Gasteiger partial charge < -0.3 is 15.0 Å². The number of H-pyrrole nitrogens is 1. The number of carbonyl (C=O) groups excluding carboxylic acids is 1. The molecule has 2 N–H and O–H groups in total. The molecule has 0 spiro atoms. The number of amides is 1. The van der Waals surface area contributed by atoms with E-state index in [1.54, 1.807) is 6.07 Å². The Bertz CT molecular complexity index is 1590. The van der Waals surface area contributed by atoms with Gasteiger partial charge in [0.25, 0.3) is 0 Å². The van der Waals surface area contributed by atoms with Gasteiger partial charge in [-0.15, -0.1) is 5.10 Å². The molecule has 1 aromatic carbocycles. The Balaban J connectivity index is 1.36. The highest BCUT2D eigenvalue weighted by Crippen LogP contribution is 2.44. The fraction of sp³-hybridized carbons (Fsp3) is 0.250. The molecular formula is C24H19ClF2N8O2. The Labute approximate surface area is 215 Å². The summed E-state index contributed by atoms with van der Waals surface area (Å²) in [5.41, 5.74) is 1.09. The summed E-state index contributed by atoms with van der Waals surface area (Å²) < 4.78 is 40.5. The van der Waals surface area contributed by atoms with E-state index in [9.17, 15) is 15.7 Å². The third-order valence-electron chi connectivity index (χ3n) is 6.59. The molecule has 4 aromatic rings. The van der Waals surface area contributed by atoms with Crippen LogP contribution in [0.3, 0.4) is 0 Å². The number of nitrogens with zero attached hydrogens (tertiary/aromatic N) is 7. The Kier molecular flexibility index (Phi) is 5.47. The van der Waals surface area contributed by atoms with Gasteiger partial charge in [0.15, 0.2) is 11.6 Å². The van der Waals surface area contributed by atoms with Crippen molar-refractivity contribution in [1.82, 2.24) is 40.1 Å². The number of aromatic amines is 1. The average molecular weight is 526 g/mol. The number of hydrogen-bond donors (Lipinski definition) is 2. The summed E-state index contributed by atoms with van der Waals surface area (Å²) in [6, 6.07) is 2.43. The minimum Gasteiger partial charge on any atom is -0.390 e. The lowest BCUT2D eigenvalue weighted by Gasteiger charge is -2.33. The lowest BCUT2D eigenvalue weighted by molar-refractivity contribution is -0.129. The van der Waals surface area contributed by atoms with Crippen molar-refractivity contribution < 1.29 is 20.1 Å². The number of fused-ring (bicyclic) bond motifs is 1. The maximum absolute atomic E-state index is 15.3. The summed E-state index contributed by atoms with van der Waals surface area (Å²) in [5.74, 6) is -1.50. The van der Waals surface area contributed by atoms with Gasteiger partial charge in [0, 0.05) is 29.4 Å². The van der Waals surface area contributed by atoms with Crippen molar-refractivity contribution in [1.29, 1.82) is 0 Å². The molecule has 1 amide bonds. The van der Waals surface area contributed by atoms with Crippen LogP contribution in [0, 0.1) is 11.6 Å². The number of pyridine rings is 1. The maximum atomic E-state index is 15.3. The number of aliphatic hydroxyl groups excluding tert-OH is 1. The topological polar surface area (TPSA) is 126 Å². The van der Waals surface area contributed by atoms with Crippen molar-refractivity contribution in [2.24, 2.45) is 0 Å². The number of aromatic nitrogens is 7. The molecule has 37 heavy (non-hydrogen) atoms. The minimum absolute atomic E-state index is 0.0358. The predicted octanol–water partition coefficient (Wildman–Crippen LogP) is 3.39. The van der Waals surface area contributed by atoms with Crippen LogP contribution in [0.2, 0.25) is 5.02 Å². The third kappa shape index (κ3) is 3.89. The molecular weight excluding hydrogens is 506 g/mol. The van der Waals surface area contributed by atoms with Gasteiger partial charge in [0.2, 0.25) is 5.91 Å². The zero-order valence-electron chi connectivity index (χ0n) is 20.1. The SMILES string of the molecule is [2H][C@]12CC[C@@H](c3ncc(-c4ccnc(CO)c4F)[nH]3)N1C(=O)C=C(c1c(-n3cnnn3)ccc(Cl)c1F)C2. The molecule has 6 rings (SSSR count). The second kappa shape index (κ2) is 9.12. The first-order chi connectivity index (χ1) is 18.3. The van der Waals surface area contributed by atoms with Gasteiger partial charge in [0.05, 0.1) is 36.6 Å². The molecule has 3 aromatic heterocycles. The summed E-state index contributed by atoms with van der Waals surface area (Å²) in [5, 5.41) is 20.2. The van der Waals surface area contributed by atoms with E-state index in [-0.39, 0.29) is 28.3 Å². The standard InChI is InChI=1S/C24H19ClF2N8O2/c25-15-2-4-18(34-11-30-32-33-34)21(23(15)27)12-7-13-1-3-19(35(13)20(37)8-12)24-29-9-16(31-24)14-5-6-28-17(10-36)22(14)26/h2,4-6,8-9,11,13,19,36H,1,3,7,10H2,(H,29,31)/t13-,19+/m1/s1/i13D. The smallest absolute Gasteiger partial charge is 0.247 e. The lowest BCUT2D eigenvalue weighted by atomic mass is 9.92. The van der Waals surface area contributed by atoms with E-state index in [2.05, 4.69) is 30.5 Å². The Hall–Kier alpha value is -4.03. The van der Waals surface area contributed by atoms with E-state index >= 15 is 4.39 Å². The number of rotatable bonds is 5. The van der Waals surface area contributed by atoms with Gasteiger partial charge in [-0.2, -0.15) is 4.68 Å². The average Bonchev–Trinajstić information content (AvgIpc) is 3.65. The number of aliphatic hydroxyl groups is 1. The molecule has 1 fully saturated rings. The highest BCUT2D eigenvalue weighted by atomic mass is 35.5. The monoisotopic (exact) mass is 525 g/mol. The van der Waals surface area contributed by atoms with Crippen LogP contribution in [0.25, 0.3) is 22.5 Å². The van der Waals surface area contributed by atoms with Crippen LogP contribution >= 0.6 is 11.6 Å². The van der Waals surface area contributed by atoms with Gasteiger partial charge in [-0.05, 0) is 53.5 Å². The highest BCUT2D eigenvalue weighted by Gasteiger charge is 2.42. The fourth-order valence-corrected chi connectivity index (χ4v) is 5.08. The fourth-order valence-electron chi connectivity index (χ4n) is 4.92. The molecule has 0 aliphatic carbocycles. The summed E-state index contributed by atoms with van der Waals surface area (Å²) in [7, 11) is 0. The maximum Gasteiger partial charge on any atom is 0.247 e. The molecule has 0 radical (unpaired) electrons. The number of nitrogens with one attached hydrogen (secondary N) is 1. The summed E-state index contributed by atoms with van der Waals surface area (Å²) in [6.45, 7) is -0.552. The molecule has 2 aliphatic rings. The van der Waals surface area contributed by atoms with Crippen molar-refractivity contribution in [2.45, 2.75) is 37.9 Å². The second-order valence-corrected chi connectivity index (χ2v) is 9.05. The Morgan fingerprint density at radius 1 is 1.22 bits per heavy atom. The molecule has 0 unspecified atom stereocenters. The molecule has 1 saturated heterocycles. The lowest BCUT2D eigenvalue weighted by Crippen LogP contribution is -2.39. The number of benzene rings is 1. The zero-order chi connectivity index (χ0) is 26.6. The summed E-state index contributed by atoms with van der Waals surface area (Å²) in [4.78, 5) is 26.1. The molecule has 2 atom stereocenters. The number of imidazole rings is 1. The van der Waals surface area contributed by atoms with Crippen LogP contribution in [-0.2, 0) is 11.4 Å². The van der Waals surface area contributed by atoms with Gasteiger partial charge in [-0.1, -0.05) is 11.6 Å². The van der Waals surface area contributed by atoms with Crippen LogP contribution in [0.5, 0.6) is 0 Å². The van der Waals surface area contributed by atoms with Crippen molar-refractivity contribution in [3.05, 3.63) is 76.7 Å². The van der Waals surface area contributed by atoms with Gasteiger partial charge in [-0.25, -0.2) is 13.8 Å². The first-order valence-corrected chi connectivity index (χ1v) is 11.7. The first kappa shape index (κ1) is 22.2.